The predicted octanol–water partition coefficient (Wildman–Crippen LogP) is 1.86. The maximum Gasteiger partial charge on any atom is 0.255 e. The van der Waals surface area contributed by atoms with Crippen molar-refractivity contribution in [3.8, 4) is 18.2 Å². The molecule has 0 saturated heterocycles. The summed E-state index contributed by atoms with van der Waals surface area (Å²) < 4.78 is 18.3. The number of halogens is 1. The van der Waals surface area contributed by atoms with Gasteiger partial charge in [0, 0.05) is 5.56 Å². The summed E-state index contributed by atoms with van der Waals surface area (Å²) in [5.74, 6) is 1.39. The summed E-state index contributed by atoms with van der Waals surface area (Å²) in [5, 5.41) is 2.57. The lowest BCUT2D eigenvalue weighted by Crippen LogP contribution is -2.13. The largest absolute Gasteiger partial charge is 0.479 e. The molecular formula is C14H10FN3O2. The summed E-state index contributed by atoms with van der Waals surface area (Å²) in [6.45, 7) is 0. The van der Waals surface area contributed by atoms with Gasteiger partial charge in [-0.15, -0.1) is 6.42 Å². The normalized spacial score (nSPS) is 9.65. The Morgan fingerprint density at radius 3 is 3.00 bits per heavy atom. The van der Waals surface area contributed by atoms with Gasteiger partial charge in [0.05, 0.1) is 18.9 Å². The quantitative estimate of drug-likeness (QED) is 0.865. The van der Waals surface area contributed by atoms with E-state index in [1.807, 2.05) is 0 Å². The second-order valence-corrected chi connectivity index (χ2v) is 3.74. The molecule has 0 aliphatic heterocycles. The summed E-state index contributed by atoms with van der Waals surface area (Å²) in [6.07, 6.45) is 7.85. The standard InChI is InChI=1S/C14H10FN3O2/c1-3-9-6-10(4-5-11(9)15)13(19)18-12-7-16-8-17-14(12)20-2/h1,4-8H,2H3,(H,18,19). The van der Waals surface area contributed by atoms with Crippen LogP contribution in [0.15, 0.2) is 30.7 Å². The number of carbonyl (C=O) groups is 1. The number of nitrogens with zero attached hydrogens (tertiary/aromatic N) is 2. The number of anilines is 1. The fraction of sp³-hybridized carbons (Fsp3) is 0.0714. The molecule has 0 fully saturated rings. The molecule has 1 aromatic heterocycles. The Balaban J connectivity index is 2.27. The second-order valence-electron chi connectivity index (χ2n) is 3.74. The van der Waals surface area contributed by atoms with Crippen LogP contribution in [0.5, 0.6) is 5.88 Å². The molecule has 1 heterocycles. The lowest BCUT2D eigenvalue weighted by Gasteiger charge is -2.08. The number of aromatic nitrogens is 2. The monoisotopic (exact) mass is 271 g/mol. The molecule has 20 heavy (non-hydrogen) atoms. The van der Waals surface area contributed by atoms with E-state index in [2.05, 4.69) is 21.2 Å². The molecular weight excluding hydrogens is 261 g/mol. The first-order chi connectivity index (χ1) is 9.65. The Bertz CT molecular complexity index is 695. The molecule has 1 N–H and O–H groups in total. The van der Waals surface area contributed by atoms with E-state index in [-0.39, 0.29) is 17.0 Å². The number of benzene rings is 1. The zero-order valence-corrected chi connectivity index (χ0v) is 10.6. The number of hydrogen-bond acceptors (Lipinski definition) is 4. The zero-order chi connectivity index (χ0) is 14.5. The van der Waals surface area contributed by atoms with Crippen LogP contribution in [0, 0.1) is 18.2 Å². The van der Waals surface area contributed by atoms with Crippen LogP contribution >= 0.6 is 0 Å². The van der Waals surface area contributed by atoms with Crippen molar-refractivity contribution in [2.45, 2.75) is 0 Å². The molecule has 0 aliphatic carbocycles. The number of methoxy groups -OCH3 is 1. The first-order valence-electron chi connectivity index (χ1n) is 5.57. The van der Waals surface area contributed by atoms with Crippen LogP contribution in [0.2, 0.25) is 0 Å². The van der Waals surface area contributed by atoms with Gasteiger partial charge >= 0.3 is 0 Å². The lowest BCUT2D eigenvalue weighted by atomic mass is 10.1. The van der Waals surface area contributed by atoms with Crippen LogP contribution in [0.4, 0.5) is 10.1 Å². The Kier molecular flexibility index (Phi) is 3.91. The fourth-order valence-corrected chi connectivity index (χ4v) is 1.54. The molecule has 2 aromatic rings. The van der Waals surface area contributed by atoms with Gasteiger partial charge in [-0.2, -0.15) is 4.98 Å². The molecule has 6 heteroatoms. The van der Waals surface area contributed by atoms with Gasteiger partial charge in [-0.3, -0.25) is 4.79 Å². The van der Waals surface area contributed by atoms with Crippen LogP contribution in [-0.2, 0) is 0 Å². The molecule has 1 amide bonds. The molecule has 0 saturated carbocycles. The van der Waals surface area contributed by atoms with E-state index in [0.717, 1.165) is 6.07 Å². The summed E-state index contributed by atoms with van der Waals surface area (Å²) in [7, 11) is 1.42. The van der Waals surface area contributed by atoms with Crippen molar-refractivity contribution in [3.63, 3.8) is 0 Å². The van der Waals surface area contributed by atoms with Gasteiger partial charge in [-0.05, 0) is 18.2 Å². The van der Waals surface area contributed by atoms with Gasteiger partial charge in [0.15, 0.2) is 0 Å². The smallest absolute Gasteiger partial charge is 0.255 e. The summed E-state index contributed by atoms with van der Waals surface area (Å²) in [5.41, 5.74) is 0.561. The summed E-state index contributed by atoms with van der Waals surface area (Å²) in [6, 6.07) is 3.77. The number of hydrogen-bond donors (Lipinski definition) is 1. The Morgan fingerprint density at radius 2 is 2.30 bits per heavy atom. The number of terminal acetylenes is 1. The molecule has 0 bridgehead atoms. The SMILES string of the molecule is C#Cc1cc(C(=O)Nc2cncnc2OC)ccc1F. The van der Waals surface area contributed by atoms with Crippen molar-refractivity contribution in [2.24, 2.45) is 0 Å². The molecule has 1 aromatic carbocycles. The molecule has 2 rings (SSSR count). The van der Waals surface area contributed by atoms with E-state index in [0.29, 0.717) is 5.69 Å². The maximum atomic E-state index is 13.3. The number of ether oxygens (including phenoxy) is 1. The molecule has 0 aliphatic rings. The van der Waals surface area contributed by atoms with Gasteiger partial charge in [-0.1, -0.05) is 5.92 Å². The molecule has 0 atom stereocenters. The van der Waals surface area contributed by atoms with Gasteiger partial charge < -0.3 is 10.1 Å². The highest BCUT2D eigenvalue weighted by Gasteiger charge is 2.12. The highest BCUT2D eigenvalue weighted by atomic mass is 19.1. The Hall–Kier alpha value is -2.94. The Labute approximate surface area is 114 Å². The number of carbonyl (C=O) groups excluding carboxylic acids is 1. The van der Waals surface area contributed by atoms with Crippen molar-refractivity contribution >= 4 is 11.6 Å². The van der Waals surface area contributed by atoms with E-state index in [4.69, 9.17) is 11.2 Å². The van der Waals surface area contributed by atoms with E-state index in [1.165, 1.54) is 31.8 Å². The predicted molar refractivity (Wildman–Crippen MR) is 70.9 cm³/mol. The van der Waals surface area contributed by atoms with Crippen molar-refractivity contribution in [1.29, 1.82) is 0 Å². The minimum absolute atomic E-state index is 0.0222. The van der Waals surface area contributed by atoms with Crippen LogP contribution in [0.3, 0.4) is 0 Å². The van der Waals surface area contributed by atoms with Crippen LogP contribution in [0.1, 0.15) is 15.9 Å². The molecule has 100 valence electrons. The molecule has 0 unspecified atom stereocenters. The van der Waals surface area contributed by atoms with Crippen LogP contribution < -0.4 is 10.1 Å². The van der Waals surface area contributed by atoms with Crippen LogP contribution in [0.25, 0.3) is 0 Å². The average Bonchev–Trinajstić information content (AvgIpc) is 2.48. The highest BCUT2D eigenvalue weighted by Crippen LogP contribution is 2.20. The number of rotatable bonds is 3. The van der Waals surface area contributed by atoms with Gasteiger partial charge in [-0.25, -0.2) is 9.37 Å². The van der Waals surface area contributed by atoms with E-state index < -0.39 is 11.7 Å². The lowest BCUT2D eigenvalue weighted by molar-refractivity contribution is 0.102. The third kappa shape index (κ3) is 2.72. The summed E-state index contributed by atoms with van der Waals surface area (Å²) in [4.78, 5) is 19.7. The highest BCUT2D eigenvalue weighted by molar-refractivity contribution is 6.05. The zero-order valence-electron chi connectivity index (χ0n) is 10.6. The third-order valence-corrected chi connectivity index (χ3v) is 2.50. The van der Waals surface area contributed by atoms with Crippen molar-refractivity contribution in [2.75, 3.05) is 12.4 Å². The third-order valence-electron chi connectivity index (χ3n) is 2.50. The van der Waals surface area contributed by atoms with E-state index in [9.17, 15) is 9.18 Å². The minimum atomic E-state index is -0.551. The van der Waals surface area contributed by atoms with Crippen molar-refractivity contribution in [3.05, 3.63) is 47.7 Å². The topological polar surface area (TPSA) is 64.1 Å². The molecule has 0 radical (unpaired) electrons. The number of nitrogens with one attached hydrogen (secondary N) is 1. The minimum Gasteiger partial charge on any atom is -0.479 e. The fourth-order valence-electron chi connectivity index (χ4n) is 1.54. The Morgan fingerprint density at radius 1 is 1.50 bits per heavy atom. The van der Waals surface area contributed by atoms with Crippen molar-refractivity contribution in [1.82, 2.24) is 9.97 Å². The second kappa shape index (κ2) is 5.80. The van der Waals surface area contributed by atoms with E-state index >= 15 is 0 Å². The molecule has 5 nitrogen and oxygen atoms in total. The average molecular weight is 271 g/mol. The van der Waals surface area contributed by atoms with Gasteiger partial charge in [0.25, 0.3) is 5.91 Å². The van der Waals surface area contributed by atoms with E-state index in [1.54, 1.807) is 0 Å². The van der Waals surface area contributed by atoms with Gasteiger partial charge in [0.1, 0.15) is 17.8 Å². The first-order valence-corrected chi connectivity index (χ1v) is 5.57. The maximum absolute atomic E-state index is 13.3. The first kappa shape index (κ1) is 13.5. The van der Waals surface area contributed by atoms with Gasteiger partial charge in [0.2, 0.25) is 5.88 Å². The van der Waals surface area contributed by atoms with Crippen molar-refractivity contribution < 1.29 is 13.9 Å². The molecule has 0 spiro atoms. The number of amides is 1. The van der Waals surface area contributed by atoms with Crippen LogP contribution in [-0.4, -0.2) is 23.0 Å². The summed E-state index contributed by atoms with van der Waals surface area (Å²) >= 11 is 0.